The number of aromatic nitrogens is 1. The Kier molecular flexibility index (Phi) is 5.50. The van der Waals surface area contributed by atoms with Gasteiger partial charge < -0.3 is 9.64 Å². The second-order valence-corrected chi connectivity index (χ2v) is 9.08. The number of pyridine rings is 1. The molecule has 1 saturated heterocycles. The summed E-state index contributed by atoms with van der Waals surface area (Å²) >= 11 is 0. The second-order valence-electron chi connectivity index (χ2n) is 9.08. The van der Waals surface area contributed by atoms with Crippen LogP contribution in [0.3, 0.4) is 0 Å². The standard InChI is InChI=1S/C26H27N3O4/c1-17-13-19(21-5-2-3-6-23(21)27-17)16-33-20-9-7-18(8-10-20)14-26(15-22(26)24(30)28-32)25(31)29-11-4-12-29/h2-3,5-10,13,22,32H,4,11-12,14-16H2,1H3,(H,28,30)/t22-,26+/m1/s1. The van der Waals surface area contributed by atoms with Gasteiger partial charge in [-0.1, -0.05) is 30.3 Å². The number of benzene rings is 2. The first-order chi connectivity index (χ1) is 16.0. The van der Waals surface area contributed by atoms with Gasteiger partial charge in [-0.05, 0) is 56.0 Å². The van der Waals surface area contributed by atoms with Gasteiger partial charge in [0.15, 0.2) is 0 Å². The number of nitrogens with one attached hydrogen (secondary N) is 1. The molecular weight excluding hydrogens is 418 g/mol. The lowest BCUT2D eigenvalue weighted by molar-refractivity contribution is -0.144. The number of para-hydroxylation sites is 1. The third-order valence-electron chi connectivity index (χ3n) is 6.84. The first-order valence-corrected chi connectivity index (χ1v) is 11.3. The molecule has 0 unspecified atom stereocenters. The number of ether oxygens (including phenoxy) is 1. The molecule has 7 heteroatoms. The van der Waals surface area contributed by atoms with Gasteiger partial charge in [-0.2, -0.15) is 0 Å². The minimum absolute atomic E-state index is 0.0163. The maximum Gasteiger partial charge on any atom is 0.247 e. The third-order valence-corrected chi connectivity index (χ3v) is 6.84. The van der Waals surface area contributed by atoms with E-state index in [9.17, 15) is 9.59 Å². The van der Waals surface area contributed by atoms with E-state index in [0.717, 1.165) is 53.0 Å². The molecule has 5 rings (SSSR count). The largest absolute Gasteiger partial charge is 0.489 e. The molecule has 2 aromatic carbocycles. The number of carbonyl (C=O) groups excluding carboxylic acids is 2. The van der Waals surface area contributed by atoms with E-state index in [0.29, 0.717) is 19.4 Å². The van der Waals surface area contributed by atoms with Crippen molar-refractivity contribution in [2.45, 2.75) is 32.8 Å². The van der Waals surface area contributed by atoms with Crippen molar-refractivity contribution in [2.75, 3.05) is 13.1 Å². The number of carbonyl (C=O) groups is 2. The minimum atomic E-state index is -0.761. The molecule has 2 fully saturated rings. The second kappa shape index (κ2) is 8.48. The van der Waals surface area contributed by atoms with E-state index in [4.69, 9.17) is 9.94 Å². The van der Waals surface area contributed by atoms with Crippen LogP contribution in [-0.4, -0.2) is 40.0 Å². The molecule has 2 atom stereocenters. The Morgan fingerprint density at radius 2 is 1.94 bits per heavy atom. The fraction of sp³-hybridized carbons (Fsp3) is 0.346. The fourth-order valence-corrected chi connectivity index (χ4v) is 4.81. The van der Waals surface area contributed by atoms with Crippen molar-refractivity contribution in [3.8, 4) is 5.75 Å². The molecule has 1 aliphatic heterocycles. The molecule has 1 aromatic heterocycles. The van der Waals surface area contributed by atoms with Crippen molar-refractivity contribution in [3.63, 3.8) is 0 Å². The summed E-state index contributed by atoms with van der Waals surface area (Å²) in [6.07, 6.45) is 1.92. The van der Waals surface area contributed by atoms with Crippen LogP contribution in [0.5, 0.6) is 5.75 Å². The van der Waals surface area contributed by atoms with Crippen LogP contribution in [0.25, 0.3) is 10.9 Å². The summed E-state index contributed by atoms with van der Waals surface area (Å²) < 4.78 is 6.04. The molecule has 170 valence electrons. The molecular formula is C26H27N3O4. The first-order valence-electron chi connectivity index (χ1n) is 11.3. The summed E-state index contributed by atoms with van der Waals surface area (Å²) in [4.78, 5) is 31.5. The Balaban J connectivity index is 1.29. The van der Waals surface area contributed by atoms with E-state index >= 15 is 0 Å². The van der Waals surface area contributed by atoms with E-state index in [1.165, 1.54) is 0 Å². The molecule has 2 amide bonds. The van der Waals surface area contributed by atoms with Crippen molar-refractivity contribution < 1.29 is 19.5 Å². The number of hydrogen-bond acceptors (Lipinski definition) is 5. The zero-order chi connectivity index (χ0) is 23.0. The SMILES string of the molecule is Cc1cc(COc2ccc(C[C@]3(C(=O)N4CCC4)C[C@@H]3C(=O)NO)cc2)c2ccccc2n1. The molecule has 7 nitrogen and oxygen atoms in total. The maximum atomic E-state index is 13.0. The third kappa shape index (κ3) is 4.04. The Labute approximate surface area is 192 Å². The van der Waals surface area contributed by atoms with Gasteiger partial charge >= 0.3 is 0 Å². The highest BCUT2D eigenvalue weighted by molar-refractivity contribution is 5.96. The normalized spacial score (nSPS) is 21.4. The topological polar surface area (TPSA) is 91.8 Å². The minimum Gasteiger partial charge on any atom is -0.489 e. The first kappa shape index (κ1) is 21.4. The molecule has 0 spiro atoms. The number of amides is 2. The predicted octanol–water partition coefficient (Wildman–Crippen LogP) is 3.41. The van der Waals surface area contributed by atoms with Crippen LogP contribution in [0.1, 0.15) is 29.7 Å². The number of aryl methyl sites for hydroxylation is 1. The van der Waals surface area contributed by atoms with Crippen LogP contribution in [0.4, 0.5) is 0 Å². The summed E-state index contributed by atoms with van der Waals surface area (Å²) in [5.41, 5.74) is 4.91. The van der Waals surface area contributed by atoms with E-state index < -0.39 is 17.2 Å². The number of rotatable bonds is 7. The summed E-state index contributed by atoms with van der Waals surface area (Å²) in [6, 6.07) is 17.8. The summed E-state index contributed by atoms with van der Waals surface area (Å²) in [5.74, 6) is -0.220. The van der Waals surface area contributed by atoms with Gasteiger partial charge in [0, 0.05) is 29.7 Å². The summed E-state index contributed by atoms with van der Waals surface area (Å²) in [5, 5.41) is 10.1. The average molecular weight is 446 g/mol. The molecule has 2 N–H and O–H groups in total. The summed E-state index contributed by atoms with van der Waals surface area (Å²) in [7, 11) is 0. The number of hydroxylamine groups is 1. The van der Waals surface area contributed by atoms with Crippen molar-refractivity contribution >= 4 is 22.7 Å². The van der Waals surface area contributed by atoms with Gasteiger partial charge in [-0.15, -0.1) is 0 Å². The van der Waals surface area contributed by atoms with Crippen molar-refractivity contribution in [3.05, 3.63) is 71.4 Å². The highest BCUT2D eigenvalue weighted by Gasteiger charge is 2.64. The van der Waals surface area contributed by atoms with E-state index in [1.54, 1.807) is 5.48 Å². The smallest absolute Gasteiger partial charge is 0.247 e. The Morgan fingerprint density at radius 1 is 1.18 bits per heavy atom. The van der Waals surface area contributed by atoms with E-state index in [1.807, 2.05) is 66.4 Å². The molecule has 2 heterocycles. The summed E-state index contributed by atoms with van der Waals surface area (Å²) in [6.45, 7) is 3.89. The Hall–Kier alpha value is -3.45. The van der Waals surface area contributed by atoms with E-state index in [-0.39, 0.29) is 5.91 Å². The van der Waals surface area contributed by atoms with Crippen molar-refractivity contribution in [2.24, 2.45) is 11.3 Å². The van der Waals surface area contributed by atoms with Crippen LogP contribution in [0.15, 0.2) is 54.6 Å². The maximum absolute atomic E-state index is 13.0. The average Bonchev–Trinajstić information content (AvgIpc) is 3.52. The fourth-order valence-electron chi connectivity index (χ4n) is 4.81. The van der Waals surface area contributed by atoms with Crippen molar-refractivity contribution in [1.29, 1.82) is 0 Å². The van der Waals surface area contributed by atoms with Crippen LogP contribution in [0, 0.1) is 18.3 Å². The van der Waals surface area contributed by atoms with Gasteiger partial charge in [0.05, 0.1) is 16.8 Å². The predicted molar refractivity (Wildman–Crippen MR) is 123 cm³/mol. The lowest BCUT2D eigenvalue weighted by Gasteiger charge is -2.34. The number of hydrogen-bond donors (Lipinski definition) is 2. The van der Waals surface area contributed by atoms with Crippen LogP contribution >= 0.6 is 0 Å². The van der Waals surface area contributed by atoms with Gasteiger partial charge in [-0.25, -0.2) is 5.48 Å². The quantitative estimate of drug-likeness (QED) is 0.430. The van der Waals surface area contributed by atoms with Gasteiger partial charge in [0.25, 0.3) is 0 Å². The molecule has 3 aromatic rings. The number of fused-ring (bicyclic) bond motifs is 1. The molecule has 33 heavy (non-hydrogen) atoms. The zero-order valence-electron chi connectivity index (χ0n) is 18.6. The number of nitrogens with zero attached hydrogens (tertiary/aromatic N) is 2. The van der Waals surface area contributed by atoms with Crippen LogP contribution < -0.4 is 10.2 Å². The molecule has 1 saturated carbocycles. The molecule has 0 bridgehead atoms. The Bertz CT molecular complexity index is 1210. The van der Waals surface area contributed by atoms with Crippen LogP contribution in [0.2, 0.25) is 0 Å². The number of likely N-dealkylation sites (tertiary alicyclic amines) is 1. The zero-order valence-corrected chi connectivity index (χ0v) is 18.6. The lowest BCUT2D eigenvalue weighted by atomic mass is 9.91. The van der Waals surface area contributed by atoms with Crippen molar-refractivity contribution in [1.82, 2.24) is 15.4 Å². The monoisotopic (exact) mass is 445 g/mol. The molecule has 2 aliphatic rings. The van der Waals surface area contributed by atoms with Gasteiger partial charge in [0.2, 0.25) is 11.8 Å². The highest BCUT2D eigenvalue weighted by Crippen LogP contribution is 2.56. The van der Waals surface area contributed by atoms with E-state index in [2.05, 4.69) is 4.98 Å². The van der Waals surface area contributed by atoms with Gasteiger partial charge in [-0.3, -0.25) is 19.8 Å². The van der Waals surface area contributed by atoms with Gasteiger partial charge in [0.1, 0.15) is 12.4 Å². The Morgan fingerprint density at radius 3 is 2.64 bits per heavy atom. The highest BCUT2D eigenvalue weighted by atomic mass is 16.5. The molecule has 1 aliphatic carbocycles. The molecule has 0 radical (unpaired) electrons. The van der Waals surface area contributed by atoms with Crippen LogP contribution in [-0.2, 0) is 22.6 Å². The lowest BCUT2D eigenvalue weighted by Crippen LogP contribution is -2.48.